The summed E-state index contributed by atoms with van der Waals surface area (Å²) in [7, 11) is 1.61. The Balaban J connectivity index is 1.45. The number of carbonyl (C=O) groups is 2. The number of ether oxygens (including phenoxy) is 3. The molecule has 0 radical (unpaired) electrons. The average Bonchev–Trinajstić information content (AvgIpc) is 2.79. The number of para-hydroxylation sites is 2. The Morgan fingerprint density at radius 1 is 0.833 bits per heavy atom. The maximum Gasteiger partial charge on any atom is 0.260 e. The quantitative estimate of drug-likeness (QED) is 0.666. The zero-order valence-corrected chi connectivity index (χ0v) is 17.5. The van der Waals surface area contributed by atoms with Crippen LogP contribution in [0.15, 0.2) is 48.5 Å². The lowest BCUT2D eigenvalue weighted by atomic mass is 10.1. The zero-order valence-electron chi connectivity index (χ0n) is 17.5. The molecule has 1 fully saturated rings. The Kier molecular flexibility index (Phi) is 7.54. The van der Waals surface area contributed by atoms with Gasteiger partial charge < -0.3 is 24.0 Å². The van der Waals surface area contributed by atoms with E-state index in [1.165, 1.54) is 0 Å². The lowest BCUT2D eigenvalue weighted by Crippen LogP contribution is -2.52. The summed E-state index contributed by atoms with van der Waals surface area (Å²) in [6.45, 7) is 4.43. The second-order valence-electron chi connectivity index (χ2n) is 6.95. The van der Waals surface area contributed by atoms with Crippen molar-refractivity contribution >= 4 is 11.8 Å². The van der Waals surface area contributed by atoms with E-state index < -0.39 is 0 Å². The topological polar surface area (TPSA) is 68.3 Å². The fraction of sp³-hybridized carbons (Fsp3) is 0.391. The van der Waals surface area contributed by atoms with Crippen LogP contribution in [0.3, 0.4) is 0 Å². The molecule has 0 spiro atoms. The predicted molar refractivity (Wildman–Crippen MR) is 113 cm³/mol. The van der Waals surface area contributed by atoms with Crippen LogP contribution in [0.1, 0.15) is 12.5 Å². The number of carbonyl (C=O) groups excluding carboxylic acids is 2. The highest BCUT2D eigenvalue weighted by Crippen LogP contribution is 2.26. The molecule has 7 heteroatoms. The molecule has 1 aliphatic rings. The van der Waals surface area contributed by atoms with Crippen LogP contribution >= 0.6 is 0 Å². The number of hydrogen-bond acceptors (Lipinski definition) is 5. The van der Waals surface area contributed by atoms with Gasteiger partial charge in [-0.05, 0) is 36.8 Å². The molecule has 0 aliphatic carbocycles. The molecular weight excluding hydrogens is 384 g/mol. The first kappa shape index (κ1) is 21.5. The third kappa shape index (κ3) is 5.65. The van der Waals surface area contributed by atoms with Gasteiger partial charge in [0.05, 0.1) is 20.1 Å². The van der Waals surface area contributed by atoms with Crippen molar-refractivity contribution in [2.75, 3.05) is 46.5 Å². The standard InChI is InChI=1S/C23H28N2O5/c1-3-29-20-6-4-5-7-21(20)30-17-23(27)25-14-12-24(13-15-25)22(26)16-18-8-10-19(28-2)11-9-18/h4-11H,3,12-17H2,1-2H3. The van der Waals surface area contributed by atoms with Crippen LogP contribution < -0.4 is 14.2 Å². The van der Waals surface area contributed by atoms with Crippen molar-refractivity contribution in [1.29, 1.82) is 0 Å². The van der Waals surface area contributed by atoms with Crippen LogP contribution in [-0.4, -0.2) is 68.1 Å². The Morgan fingerprint density at radius 3 is 1.97 bits per heavy atom. The van der Waals surface area contributed by atoms with E-state index in [4.69, 9.17) is 14.2 Å². The number of hydrogen-bond donors (Lipinski definition) is 0. The van der Waals surface area contributed by atoms with Crippen LogP contribution in [0.5, 0.6) is 17.2 Å². The highest BCUT2D eigenvalue weighted by atomic mass is 16.5. The van der Waals surface area contributed by atoms with Crippen LogP contribution in [0, 0.1) is 0 Å². The lowest BCUT2D eigenvalue weighted by Gasteiger charge is -2.34. The van der Waals surface area contributed by atoms with Crippen molar-refractivity contribution in [2.45, 2.75) is 13.3 Å². The third-order valence-electron chi connectivity index (χ3n) is 5.00. The van der Waals surface area contributed by atoms with E-state index in [2.05, 4.69) is 0 Å². The summed E-state index contributed by atoms with van der Waals surface area (Å²) < 4.78 is 16.3. The molecule has 2 aromatic carbocycles. The molecule has 2 amide bonds. The van der Waals surface area contributed by atoms with Crippen molar-refractivity contribution in [2.24, 2.45) is 0 Å². The second-order valence-corrected chi connectivity index (χ2v) is 6.95. The van der Waals surface area contributed by atoms with E-state index in [9.17, 15) is 9.59 Å². The van der Waals surface area contributed by atoms with Crippen LogP contribution in [0.4, 0.5) is 0 Å². The van der Waals surface area contributed by atoms with Crippen LogP contribution in [0.2, 0.25) is 0 Å². The van der Waals surface area contributed by atoms with E-state index in [-0.39, 0.29) is 18.4 Å². The summed E-state index contributed by atoms with van der Waals surface area (Å²) >= 11 is 0. The Morgan fingerprint density at radius 2 is 1.40 bits per heavy atom. The first-order valence-electron chi connectivity index (χ1n) is 10.1. The van der Waals surface area contributed by atoms with Crippen LogP contribution in [-0.2, 0) is 16.0 Å². The third-order valence-corrected chi connectivity index (χ3v) is 5.00. The van der Waals surface area contributed by atoms with Crippen molar-refractivity contribution in [3.8, 4) is 17.2 Å². The van der Waals surface area contributed by atoms with Gasteiger partial charge in [-0.1, -0.05) is 24.3 Å². The zero-order chi connectivity index (χ0) is 21.3. The van der Waals surface area contributed by atoms with E-state index >= 15 is 0 Å². The van der Waals surface area contributed by atoms with Gasteiger partial charge in [0.2, 0.25) is 5.91 Å². The number of piperazine rings is 1. The van der Waals surface area contributed by atoms with Crippen molar-refractivity contribution in [3.63, 3.8) is 0 Å². The number of amides is 2. The van der Waals surface area contributed by atoms with E-state index in [1.807, 2.05) is 49.4 Å². The predicted octanol–water partition coefficient (Wildman–Crippen LogP) is 2.39. The molecule has 0 unspecified atom stereocenters. The Hall–Kier alpha value is -3.22. The molecule has 7 nitrogen and oxygen atoms in total. The molecule has 0 saturated carbocycles. The number of rotatable bonds is 8. The van der Waals surface area contributed by atoms with Gasteiger partial charge in [-0.2, -0.15) is 0 Å². The van der Waals surface area contributed by atoms with E-state index in [1.54, 1.807) is 23.0 Å². The largest absolute Gasteiger partial charge is 0.497 e. The number of methoxy groups -OCH3 is 1. The summed E-state index contributed by atoms with van der Waals surface area (Å²) in [6, 6.07) is 14.8. The SMILES string of the molecule is CCOc1ccccc1OCC(=O)N1CCN(C(=O)Cc2ccc(OC)cc2)CC1. The van der Waals surface area contributed by atoms with Crippen molar-refractivity contribution in [3.05, 3.63) is 54.1 Å². The molecule has 1 heterocycles. The van der Waals surface area contributed by atoms with E-state index in [0.29, 0.717) is 50.7 Å². The Bertz CT molecular complexity index is 845. The average molecular weight is 412 g/mol. The monoisotopic (exact) mass is 412 g/mol. The van der Waals surface area contributed by atoms with Gasteiger partial charge in [-0.15, -0.1) is 0 Å². The summed E-state index contributed by atoms with van der Waals surface area (Å²) in [5.41, 5.74) is 0.945. The maximum absolute atomic E-state index is 12.6. The highest BCUT2D eigenvalue weighted by molar-refractivity contribution is 5.80. The van der Waals surface area contributed by atoms with Gasteiger partial charge in [0, 0.05) is 26.2 Å². The van der Waals surface area contributed by atoms with Crippen molar-refractivity contribution in [1.82, 2.24) is 9.80 Å². The highest BCUT2D eigenvalue weighted by Gasteiger charge is 2.24. The van der Waals surface area contributed by atoms with Gasteiger partial charge >= 0.3 is 0 Å². The summed E-state index contributed by atoms with van der Waals surface area (Å²) in [4.78, 5) is 28.6. The minimum Gasteiger partial charge on any atom is -0.497 e. The van der Waals surface area contributed by atoms with Gasteiger partial charge in [0.1, 0.15) is 5.75 Å². The lowest BCUT2D eigenvalue weighted by molar-refractivity contribution is -0.140. The minimum atomic E-state index is -0.0939. The number of nitrogens with zero attached hydrogens (tertiary/aromatic N) is 2. The second kappa shape index (κ2) is 10.5. The minimum absolute atomic E-state index is 0.0517. The van der Waals surface area contributed by atoms with Gasteiger partial charge in [0.15, 0.2) is 18.1 Å². The fourth-order valence-corrected chi connectivity index (χ4v) is 3.31. The molecule has 0 N–H and O–H groups in total. The maximum atomic E-state index is 12.6. The molecule has 160 valence electrons. The summed E-state index contributed by atoms with van der Waals surface area (Å²) in [5.74, 6) is 1.92. The smallest absolute Gasteiger partial charge is 0.260 e. The molecule has 0 atom stereocenters. The van der Waals surface area contributed by atoms with Crippen LogP contribution in [0.25, 0.3) is 0 Å². The first-order valence-corrected chi connectivity index (χ1v) is 10.1. The van der Waals surface area contributed by atoms with Gasteiger partial charge in [0.25, 0.3) is 5.91 Å². The first-order chi connectivity index (χ1) is 14.6. The molecule has 1 saturated heterocycles. The molecule has 3 rings (SSSR count). The Labute approximate surface area is 177 Å². The molecule has 2 aromatic rings. The normalized spacial score (nSPS) is 13.7. The molecule has 1 aliphatic heterocycles. The summed E-state index contributed by atoms with van der Waals surface area (Å²) in [5, 5.41) is 0. The fourth-order valence-electron chi connectivity index (χ4n) is 3.31. The van der Waals surface area contributed by atoms with Gasteiger partial charge in [-0.25, -0.2) is 0 Å². The van der Waals surface area contributed by atoms with Gasteiger partial charge in [-0.3, -0.25) is 9.59 Å². The number of benzene rings is 2. The molecular formula is C23H28N2O5. The molecule has 0 aromatic heterocycles. The summed E-state index contributed by atoms with van der Waals surface area (Å²) in [6.07, 6.45) is 0.343. The molecule has 30 heavy (non-hydrogen) atoms. The van der Waals surface area contributed by atoms with Crippen molar-refractivity contribution < 1.29 is 23.8 Å². The van der Waals surface area contributed by atoms with E-state index in [0.717, 1.165) is 11.3 Å². The molecule has 0 bridgehead atoms.